The smallest absolute Gasteiger partial charge is 0.326 e. The summed E-state index contributed by atoms with van der Waals surface area (Å²) in [6.45, 7) is 5.30. The molecule has 1 amide bonds. The van der Waals surface area contributed by atoms with Crippen molar-refractivity contribution in [3.63, 3.8) is 0 Å². The number of carbonyl (C=O) groups is 2. The maximum Gasteiger partial charge on any atom is 0.326 e. The van der Waals surface area contributed by atoms with E-state index in [1.54, 1.807) is 31.2 Å². The van der Waals surface area contributed by atoms with E-state index >= 15 is 0 Å². The lowest BCUT2D eigenvalue weighted by Gasteiger charge is -2.20. The van der Waals surface area contributed by atoms with Crippen molar-refractivity contribution in [1.29, 1.82) is 0 Å². The summed E-state index contributed by atoms with van der Waals surface area (Å²) in [6.07, 6.45) is 1.63. The van der Waals surface area contributed by atoms with Gasteiger partial charge in [0.1, 0.15) is 12.1 Å². The Morgan fingerprint density at radius 3 is 2.54 bits per heavy atom. The third kappa shape index (κ3) is 3.79. The summed E-state index contributed by atoms with van der Waals surface area (Å²) in [5.41, 5.74) is 0.216. The molecule has 0 saturated carbocycles. The molecule has 1 aromatic heterocycles. The Kier molecular flexibility index (Phi) is 5.33. The number of nitrogens with one attached hydrogen (secondary N) is 1. The molecule has 7 nitrogen and oxygen atoms in total. The van der Waals surface area contributed by atoms with Gasteiger partial charge >= 0.3 is 5.97 Å². The van der Waals surface area contributed by atoms with E-state index in [9.17, 15) is 19.5 Å². The molecule has 0 aliphatic carbocycles. The molecule has 7 heteroatoms. The zero-order chi connectivity index (χ0) is 17.9. The van der Waals surface area contributed by atoms with Crippen LogP contribution in [0.1, 0.15) is 33.2 Å². The highest BCUT2D eigenvalue weighted by Gasteiger charge is 2.25. The first kappa shape index (κ1) is 17.7. The lowest BCUT2D eigenvalue weighted by Crippen LogP contribution is -2.45. The first-order chi connectivity index (χ1) is 11.3. The Morgan fingerprint density at radius 1 is 1.25 bits per heavy atom. The molecule has 0 aliphatic heterocycles. The van der Waals surface area contributed by atoms with Crippen molar-refractivity contribution < 1.29 is 14.7 Å². The molecule has 0 saturated heterocycles. The van der Waals surface area contributed by atoms with E-state index in [2.05, 4.69) is 10.3 Å². The number of aliphatic carboxylic acids is 1. The normalized spacial score (nSPS) is 13.7. The lowest BCUT2D eigenvalue weighted by molar-refractivity contribution is -0.142. The van der Waals surface area contributed by atoms with Gasteiger partial charge in [-0.3, -0.25) is 14.2 Å². The second-order valence-corrected chi connectivity index (χ2v) is 6.18. The highest BCUT2D eigenvalue weighted by molar-refractivity contribution is 5.86. The first-order valence-corrected chi connectivity index (χ1v) is 7.80. The van der Waals surface area contributed by atoms with Gasteiger partial charge in [0.15, 0.2) is 0 Å². The lowest BCUT2D eigenvalue weighted by atomic mass is 10.0. The predicted molar refractivity (Wildman–Crippen MR) is 89.7 cm³/mol. The van der Waals surface area contributed by atoms with Crippen molar-refractivity contribution in [2.45, 2.75) is 39.3 Å². The number of hydrogen-bond acceptors (Lipinski definition) is 4. The summed E-state index contributed by atoms with van der Waals surface area (Å²) in [5, 5.41) is 12.1. The van der Waals surface area contributed by atoms with E-state index in [4.69, 9.17) is 0 Å². The summed E-state index contributed by atoms with van der Waals surface area (Å²) in [7, 11) is 0. The van der Waals surface area contributed by atoms with E-state index in [0.29, 0.717) is 17.3 Å². The fourth-order valence-corrected chi connectivity index (χ4v) is 2.47. The van der Waals surface area contributed by atoms with Gasteiger partial charge in [0, 0.05) is 0 Å². The Morgan fingerprint density at radius 2 is 1.92 bits per heavy atom. The summed E-state index contributed by atoms with van der Waals surface area (Å²) in [5.74, 6) is -1.50. The van der Waals surface area contributed by atoms with Gasteiger partial charge in [-0.2, -0.15) is 0 Å². The number of nitrogens with zero attached hydrogens (tertiary/aromatic N) is 2. The number of carboxylic acids is 1. The molecule has 0 bridgehead atoms. The summed E-state index contributed by atoms with van der Waals surface area (Å²) >= 11 is 0. The molecule has 2 unspecified atom stereocenters. The van der Waals surface area contributed by atoms with Gasteiger partial charge in [0.25, 0.3) is 5.56 Å². The maximum absolute atomic E-state index is 12.5. The number of carbonyl (C=O) groups excluding carboxylic acids is 1. The van der Waals surface area contributed by atoms with Crippen molar-refractivity contribution in [2.75, 3.05) is 0 Å². The molecule has 2 N–H and O–H groups in total. The van der Waals surface area contributed by atoms with E-state index < -0.39 is 24.0 Å². The van der Waals surface area contributed by atoms with E-state index in [-0.39, 0.29) is 11.5 Å². The molecule has 1 aromatic carbocycles. The monoisotopic (exact) mass is 331 g/mol. The van der Waals surface area contributed by atoms with Crippen LogP contribution in [0, 0.1) is 5.92 Å². The summed E-state index contributed by atoms with van der Waals surface area (Å²) in [4.78, 5) is 40.3. The number of benzene rings is 1. The van der Waals surface area contributed by atoms with Gasteiger partial charge in [0.2, 0.25) is 5.91 Å². The Labute approximate surface area is 139 Å². The van der Waals surface area contributed by atoms with E-state index in [1.807, 2.05) is 13.8 Å². The molecule has 2 aromatic rings. The van der Waals surface area contributed by atoms with Gasteiger partial charge in [-0.15, -0.1) is 0 Å². The molecule has 2 atom stereocenters. The van der Waals surface area contributed by atoms with Crippen molar-refractivity contribution in [1.82, 2.24) is 14.9 Å². The van der Waals surface area contributed by atoms with Crippen LogP contribution in [0.3, 0.4) is 0 Å². The van der Waals surface area contributed by atoms with Crippen LogP contribution in [0.25, 0.3) is 10.9 Å². The van der Waals surface area contributed by atoms with Crippen LogP contribution in [0.2, 0.25) is 0 Å². The maximum atomic E-state index is 12.5. The number of hydrogen-bond donors (Lipinski definition) is 2. The van der Waals surface area contributed by atoms with Crippen LogP contribution < -0.4 is 10.9 Å². The quantitative estimate of drug-likeness (QED) is 0.837. The highest BCUT2D eigenvalue weighted by atomic mass is 16.4. The van der Waals surface area contributed by atoms with Crippen molar-refractivity contribution in [3.05, 3.63) is 40.9 Å². The molecular formula is C17H21N3O4. The minimum Gasteiger partial charge on any atom is -0.480 e. The zero-order valence-electron chi connectivity index (χ0n) is 13.9. The third-order valence-electron chi connectivity index (χ3n) is 3.81. The number of carboxylic acid groups (broad SMARTS) is 1. The first-order valence-electron chi connectivity index (χ1n) is 7.80. The number of rotatable bonds is 6. The average Bonchev–Trinajstić information content (AvgIpc) is 2.53. The second-order valence-electron chi connectivity index (χ2n) is 6.18. The van der Waals surface area contributed by atoms with Crippen LogP contribution in [-0.4, -0.2) is 32.6 Å². The summed E-state index contributed by atoms with van der Waals surface area (Å²) < 4.78 is 1.21. The van der Waals surface area contributed by atoms with Gasteiger partial charge in [0.05, 0.1) is 17.2 Å². The minimum atomic E-state index is -1.09. The van der Waals surface area contributed by atoms with E-state index in [1.165, 1.54) is 10.9 Å². The van der Waals surface area contributed by atoms with Crippen LogP contribution in [-0.2, 0) is 9.59 Å². The van der Waals surface area contributed by atoms with Gasteiger partial charge in [-0.25, -0.2) is 9.78 Å². The number of fused-ring (bicyclic) bond motifs is 1. The topological polar surface area (TPSA) is 101 Å². The Balaban J connectivity index is 2.26. The Bertz CT molecular complexity index is 813. The van der Waals surface area contributed by atoms with Crippen LogP contribution in [0.5, 0.6) is 0 Å². The molecule has 2 rings (SSSR count). The zero-order valence-corrected chi connectivity index (χ0v) is 13.9. The number of aromatic nitrogens is 2. The SMILES string of the molecule is CC(C)CC(NC(=O)C(C)n1cnc2ccccc2c1=O)C(=O)O. The Hall–Kier alpha value is -2.70. The van der Waals surface area contributed by atoms with Gasteiger partial charge in [-0.05, 0) is 31.4 Å². The van der Waals surface area contributed by atoms with Crippen molar-refractivity contribution in [2.24, 2.45) is 5.92 Å². The number of amides is 1. The standard InChI is InChI=1S/C17H21N3O4/c1-10(2)8-14(17(23)24)19-15(21)11(3)20-9-18-13-7-5-4-6-12(13)16(20)22/h4-7,9-11,14H,8H2,1-3H3,(H,19,21)(H,23,24). The minimum absolute atomic E-state index is 0.117. The summed E-state index contributed by atoms with van der Waals surface area (Å²) in [6, 6.07) is 5.02. The predicted octanol–water partition coefficient (Wildman–Crippen LogP) is 1.57. The molecule has 1 heterocycles. The van der Waals surface area contributed by atoms with Crippen LogP contribution in [0.4, 0.5) is 0 Å². The van der Waals surface area contributed by atoms with Crippen molar-refractivity contribution >= 4 is 22.8 Å². The average molecular weight is 331 g/mol. The van der Waals surface area contributed by atoms with Gasteiger partial charge in [-0.1, -0.05) is 26.0 Å². The molecule has 0 radical (unpaired) electrons. The fourth-order valence-electron chi connectivity index (χ4n) is 2.47. The van der Waals surface area contributed by atoms with E-state index in [0.717, 1.165) is 0 Å². The van der Waals surface area contributed by atoms with Crippen LogP contribution >= 0.6 is 0 Å². The van der Waals surface area contributed by atoms with Crippen molar-refractivity contribution in [3.8, 4) is 0 Å². The highest BCUT2D eigenvalue weighted by Crippen LogP contribution is 2.10. The molecule has 128 valence electrons. The van der Waals surface area contributed by atoms with Gasteiger partial charge < -0.3 is 10.4 Å². The second kappa shape index (κ2) is 7.25. The molecule has 24 heavy (non-hydrogen) atoms. The third-order valence-corrected chi connectivity index (χ3v) is 3.81. The largest absolute Gasteiger partial charge is 0.480 e. The number of para-hydroxylation sites is 1. The fraction of sp³-hybridized carbons (Fsp3) is 0.412. The molecule has 0 spiro atoms. The molecule has 0 fully saturated rings. The molecule has 0 aliphatic rings. The van der Waals surface area contributed by atoms with Crippen LogP contribution in [0.15, 0.2) is 35.4 Å². The molecular weight excluding hydrogens is 310 g/mol.